The van der Waals surface area contributed by atoms with Gasteiger partial charge in [-0.25, -0.2) is 4.79 Å². The number of nitrogens with zero attached hydrogens (tertiary/aromatic N) is 1. The first-order valence-corrected chi connectivity index (χ1v) is 4.69. The van der Waals surface area contributed by atoms with Gasteiger partial charge in [0, 0.05) is 23.0 Å². The van der Waals surface area contributed by atoms with E-state index in [1.54, 1.807) is 30.6 Å². The van der Waals surface area contributed by atoms with Crippen molar-refractivity contribution in [3.8, 4) is 11.1 Å². The Labute approximate surface area is 92.2 Å². The molecule has 0 amide bonds. The van der Waals surface area contributed by atoms with Crippen molar-refractivity contribution >= 4 is 11.7 Å². The van der Waals surface area contributed by atoms with Gasteiger partial charge in [-0.15, -0.1) is 0 Å². The maximum Gasteiger partial charge on any atom is 0.337 e. The molecule has 0 saturated carbocycles. The molecular weight excluding hydrogens is 206 g/mol. The Morgan fingerprint density at radius 2 is 2.31 bits per heavy atom. The van der Waals surface area contributed by atoms with Gasteiger partial charge in [0.25, 0.3) is 0 Å². The molecule has 5 heteroatoms. The van der Waals surface area contributed by atoms with E-state index in [4.69, 9.17) is 5.73 Å². The van der Waals surface area contributed by atoms with Gasteiger partial charge in [-0.3, -0.25) is 5.10 Å². The van der Waals surface area contributed by atoms with Crippen molar-refractivity contribution in [3.63, 3.8) is 0 Å². The molecule has 0 spiro atoms. The average molecular weight is 217 g/mol. The number of nitrogen functional groups attached to an aromatic ring is 1. The SMILES string of the molecule is COC(=O)c1ccc(-c2cn[nH]c2)c(N)c1. The van der Waals surface area contributed by atoms with E-state index < -0.39 is 5.97 Å². The van der Waals surface area contributed by atoms with Crippen molar-refractivity contribution < 1.29 is 9.53 Å². The zero-order chi connectivity index (χ0) is 11.5. The van der Waals surface area contributed by atoms with Crippen molar-refractivity contribution in [1.29, 1.82) is 0 Å². The van der Waals surface area contributed by atoms with Gasteiger partial charge < -0.3 is 10.5 Å². The molecule has 0 aliphatic carbocycles. The molecule has 0 fully saturated rings. The topological polar surface area (TPSA) is 81.0 Å². The van der Waals surface area contributed by atoms with Crippen LogP contribution in [-0.2, 0) is 4.74 Å². The lowest BCUT2D eigenvalue weighted by Gasteiger charge is -2.05. The lowest BCUT2D eigenvalue weighted by atomic mass is 10.0. The maximum atomic E-state index is 11.3. The number of nitrogens with two attached hydrogens (primary N) is 1. The van der Waals surface area contributed by atoms with Crippen molar-refractivity contribution in [3.05, 3.63) is 36.2 Å². The molecule has 82 valence electrons. The van der Waals surface area contributed by atoms with Crippen LogP contribution < -0.4 is 5.73 Å². The molecule has 2 rings (SSSR count). The largest absolute Gasteiger partial charge is 0.465 e. The van der Waals surface area contributed by atoms with Gasteiger partial charge in [0.05, 0.1) is 18.9 Å². The van der Waals surface area contributed by atoms with Crippen LogP contribution in [0.5, 0.6) is 0 Å². The molecule has 0 saturated heterocycles. The third kappa shape index (κ3) is 1.75. The summed E-state index contributed by atoms with van der Waals surface area (Å²) in [7, 11) is 1.34. The predicted octanol–water partition coefficient (Wildman–Crippen LogP) is 1.45. The van der Waals surface area contributed by atoms with E-state index in [0.29, 0.717) is 11.3 Å². The highest BCUT2D eigenvalue weighted by atomic mass is 16.5. The summed E-state index contributed by atoms with van der Waals surface area (Å²) < 4.78 is 4.61. The summed E-state index contributed by atoms with van der Waals surface area (Å²) >= 11 is 0. The molecule has 0 radical (unpaired) electrons. The standard InChI is InChI=1S/C11H11N3O2/c1-16-11(15)7-2-3-9(10(12)4-7)8-5-13-14-6-8/h2-6H,12H2,1H3,(H,13,14). The van der Waals surface area contributed by atoms with Crippen LogP contribution in [0.15, 0.2) is 30.6 Å². The summed E-state index contributed by atoms with van der Waals surface area (Å²) in [4.78, 5) is 11.3. The Balaban J connectivity index is 2.41. The molecule has 16 heavy (non-hydrogen) atoms. The van der Waals surface area contributed by atoms with E-state index in [1.165, 1.54) is 7.11 Å². The quantitative estimate of drug-likeness (QED) is 0.589. The third-order valence-corrected chi connectivity index (χ3v) is 2.28. The number of ether oxygens (including phenoxy) is 1. The highest BCUT2D eigenvalue weighted by molar-refractivity contribution is 5.92. The van der Waals surface area contributed by atoms with Crippen LogP contribution in [0.25, 0.3) is 11.1 Å². The highest BCUT2D eigenvalue weighted by Crippen LogP contribution is 2.25. The Hall–Kier alpha value is -2.30. The number of nitrogens with one attached hydrogen (secondary N) is 1. The lowest BCUT2D eigenvalue weighted by Crippen LogP contribution is -2.02. The van der Waals surface area contributed by atoms with Crippen LogP contribution in [0.1, 0.15) is 10.4 Å². The van der Waals surface area contributed by atoms with Crippen LogP contribution in [0.2, 0.25) is 0 Å². The number of hydrogen-bond acceptors (Lipinski definition) is 4. The second-order valence-corrected chi connectivity index (χ2v) is 3.28. The normalized spacial score (nSPS) is 10.1. The Morgan fingerprint density at radius 1 is 1.50 bits per heavy atom. The number of H-pyrrole nitrogens is 1. The molecule has 0 unspecified atom stereocenters. The lowest BCUT2D eigenvalue weighted by molar-refractivity contribution is 0.0601. The predicted molar refractivity (Wildman–Crippen MR) is 59.8 cm³/mol. The van der Waals surface area contributed by atoms with Gasteiger partial charge >= 0.3 is 5.97 Å². The van der Waals surface area contributed by atoms with E-state index in [9.17, 15) is 4.79 Å². The van der Waals surface area contributed by atoms with E-state index in [2.05, 4.69) is 14.9 Å². The summed E-state index contributed by atoms with van der Waals surface area (Å²) in [5.41, 5.74) is 8.53. The molecule has 0 aliphatic heterocycles. The zero-order valence-electron chi connectivity index (χ0n) is 8.73. The molecule has 0 aliphatic rings. The summed E-state index contributed by atoms with van der Waals surface area (Å²) in [5, 5.41) is 6.55. The van der Waals surface area contributed by atoms with Gasteiger partial charge in [-0.05, 0) is 12.1 Å². The number of methoxy groups -OCH3 is 1. The number of hydrogen-bond donors (Lipinski definition) is 2. The fourth-order valence-corrected chi connectivity index (χ4v) is 1.47. The van der Waals surface area contributed by atoms with Gasteiger partial charge in [0.1, 0.15) is 0 Å². The first-order chi connectivity index (χ1) is 7.72. The third-order valence-electron chi connectivity index (χ3n) is 2.28. The molecular formula is C11H11N3O2. The summed E-state index contributed by atoms with van der Waals surface area (Å²) in [6.07, 6.45) is 3.41. The maximum absolute atomic E-state index is 11.3. The van der Waals surface area contributed by atoms with E-state index in [1.807, 2.05) is 0 Å². The van der Waals surface area contributed by atoms with Gasteiger partial charge in [0.15, 0.2) is 0 Å². The van der Waals surface area contributed by atoms with Crippen LogP contribution in [0.3, 0.4) is 0 Å². The van der Waals surface area contributed by atoms with Crippen molar-refractivity contribution in [2.45, 2.75) is 0 Å². The minimum absolute atomic E-state index is 0.398. The number of rotatable bonds is 2. The van der Waals surface area contributed by atoms with Crippen LogP contribution in [-0.4, -0.2) is 23.3 Å². The second kappa shape index (κ2) is 4.06. The van der Waals surface area contributed by atoms with Gasteiger partial charge in [0.2, 0.25) is 0 Å². The van der Waals surface area contributed by atoms with E-state index >= 15 is 0 Å². The minimum Gasteiger partial charge on any atom is -0.465 e. The van der Waals surface area contributed by atoms with Crippen LogP contribution >= 0.6 is 0 Å². The number of carbonyl (C=O) groups excluding carboxylic acids is 1. The van der Waals surface area contributed by atoms with Crippen LogP contribution in [0, 0.1) is 0 Å². The highest BCUT2D eigenvalue weighted by Gasteiger charge is 2.09. The fraction of sp³-hybridized carbons (Fsp3) is 0.0909. The van der Waals surface area contributed by atoms with Crippen LogP contribution in [0.4, 0.5) is 5.69 Å². The number of aromatic nitrogens is 2. The Morgan fingerprint density at radius 3 is 2.88 bits per heavy atom. The Bertz CT molecular complexity index is 506. The molecule has 1 heterocycles. The zero-order valence-corrected chi connectivity index (χ0v) is 8.73. The van der Waals surface area contributed by atoms with E-state index in [-0.39, 0.29) is 0 Å². The fourth-order valence-electron chi connectivity index (χ4n) is 1.47. The first kappa shape index (κ1) is 10.2. The number of aromatic amines is 1. The molecule has 1 aromatic carbocycles. The first-order valence-electron chi connectivity index (χ1n) is 4.69. The van der Waals surface area contributed by atoms with Gasteiger partial charge in [-0.2, -0.15) is 5.10 Å². The molecule has 5 nitrogen and oxygen atoms in total. The minimum atomic E-state index is -0.398. The van der Waals surface area contributed by atoms with Crippen molar-refractivity contribution in [1.82, 2.24) is 10.2 Å². The summed E-state index contributed by atoms with van der Waals surface area (Å²) in [6.45, 7) is 0. The number of anilines is 1. The van der Waals surface area contributed by atoms with E-state index in [0.717, 1.165) is 11.1 Å². The molecule has 3 N–H and O–H groups in total. The van der Waals surface area contributed by atoms with Gasteiger partial charge in [-0.1, -0.05) is 6.07 Å². The number of benzene rings is 1. The molecule has 2 aromatic rings. The average Bonchev–Trinajstić information content (AvgIpc) is 2.81. The van der Waals surface area contributed by atoms with Crippen molar-refractivity contribution in [2.24, 2.45) is 0 Å². The number of esters is 1. The van der Waals surface area contributed by atoms with Crippen molar-refractivity contribution in [2.75, 3.05) is 12.8 Å². The summed E-state index contributed by atoms with van der Waals surface area (Å²) in [6, 6.07) is 5.03. The molecule has 1 aromatic heterocycles. The Kier molecular flexibility index (Phi) is 2.59. The second-order valence-electron chi connectivity index (χ2n) is 3.28. The monoisotopic (exact) mass is 217 g/mol. The number of carbonyl (C=O) groups is 1. The molecule has 0 atom stereocenters. The summed E-state index contributed by atoms with van der Waals surface area (Å²) in [5.74, 6) is -0.398. The molecule has 0 bridgehead atoms. The smallest absolute Gasteiger partial charge is 0.337 e.